The molecule has 0 saturated carbocycles. The molecule has 0 aromatic heterocycles. The van der Waals surface area contributed by atoms with Crippen LogP contribution in [0.3, 0.4) is 0 Å². The summed E-state index contributed by atoms with van der Waals surface area (Å²) in [4.78, 5) is 22.9. The maximum Gasteiger partial charge on any atom is 0.246 e. The molecule has 0 aliphatic rings. The van der Waals surface area contributed by atoms with E-state index in [1.165, 1.54) is 6.92 Å². The van der Waals surface area contributed by atoms with Gasteiger partial charge in [0.25, 0.3) is 0 Å². The molecule has 0 aromatic carbocycles. The Kier molecular flexibility index (Phi) is 8.63. The van der Waals surface area contributed by atoms with Gasteiger partial charge in [0.1, 0.15) is 6.61 Å². The van der Waals surface area contributed by atoms with Crippen LogP contribution in [0.4, 0.5) is 0 Å². The molecule has 106 valence electrons. The minimum Gasteiger partial charge on any atom is -0.371 e. The molecule has 0 heterocycles. The Balaban J connectivity index is 3.92. The van der Waals surface area contributed by atoms with Gasteiger partial charge in [0.15, 0.2) is 5.78 Å². The highest BCUT2D eigenvalue weighted by atomic mass is 16.5. The van der Waals surface area contributed by atoms with Gasteiger partial charge in [0.05, 0.1) is 6.04 Å². The molecule has 2 atom stereocenters. The zero-order valence-electron chi connectivity index (χ0n) is 12.3. The minimum absolute atomic E-state index is 0.0160. The van der Waals surface area contributed by atoms with Gasteiger partial charge in [-0.15, -0.1) is 0 Å². The molecule has 0 aliphatic heterocycles. The van der Waals surface area contributed by atoms with Gasteiger partial charge in [-0.2, -0.15) is 0 Å². The van der Waals surface area contributed by atoms with Gasteiger partial charge in [0, 0.05) is 6.61 Å². The summed E-state index contributed by atoms with van der Waals surface area (Å²) in [6, 6.07) is -0.408. The Hall–Kier alpha value is -0.900. The van der Waals surface area contributed by atoms with Crippen LogP contribution >= 0.6 is 0 Å². The fraction of sp³-hybridized carbons (Fsp3) is 0.857. The molecule has 0 aromatic rings. The molecule has 0 aliphatic carbocycles. The fourth-order valence-corrected chi connectivity index (χ4v) is 1.88. The van der Waals surface area contributed by atoms with Crippen LogP contribution in [0.1, 0.15) is 47.5 Å². The number of carbonyl (C=O) groups is 2. The standard InChI is InChI=1S/C14H27NO3/c1-6-7-11(4)8-18-9-13(17)15-14(10(2)3)12(5)16/h10-11,14H,6-9H2,1-5H3,(H,15,17). The van der Waals surface area contributed by atoms with Crippen molar-refractivity contribution in [3.8, 4) is 0 Å². The lowest BCUT2D eigenvalue weighted by Gasteiger charge is -2.19. The normalized spacial score (nSPS) is 14.3. The number of Topliss-reactive ketones (excluding diaryl/α,β-unsaturated/α-hetero) is 1. The smallest absolute Gasteiger partial charge is 0.246 e. The molecular formula is C14H27NO3. The summed E-state index contributed by atoms with van der Waals surface area (Å²) in [6.07, 6.45) is 2.22. The number of hydrogen-bond acceptors (Lipinski definition) is 3. The van der Waals surface area contributed by atoms with E-state index >= 15 is 0 Å². The first kappa shape index (κ1) is 17.1. The monoisotopic (exact) mass is 257 g/mol. The molecule has 0 fully saturated rings. The lowest BCUT2D eigenvalue weighted by Crippen LogP contribution is -2.44. The summed E-state index contributed by atoms with van der Waals surface area (Å²) in [5, 5.41) is 2.71. The van der Waals surface area contributed by atoms with E-state index in [0.29, 0.717) is 12.5 Å². The molecule has 0 radical (unpaired) electrons. The van der Waals surface area contributed by atoms with Crippen molar-refractivity contribution in [2.45, 2.75) is 53.5 Å². The van der Waals surface area contributed by atoms with E-state index in [0.717, 1.165) is 12.8 Å². The third-order valence-electron chi connectivity index (χ3n) is 2.84. The predicted octanol–water partition coefficient (Wildman–Crippen LogP) is 2.17. The van der Waals surface area contributed by atoms with Gasteiger partial charge in [-0.25, -0.2) is 0 Å². The van der Waals surface area contributed by atoms with Crippen LogP contribution in [0.5, 0.6) is 0 Å². The van der Waals surface area contributed by atoms with Crippen LogP contribution in [0, 0.1) is 11.8 Å². The molecule has 2 unspecified atom stereocenters. The molecule has 4 heteroatoms. The SMILES string of the molecule is CCCC(C)COCC(=O)NC(C(C)=O)C(C)C. The second-order valence-electron chi connectivity index (χ2n) is 5.31. The van der Waals surface area contributed by atoms with Crippen molar-refractivity contribution in [3.05, 3.63) is 0 Å². The van der Waals surface area contributed by atoms with Crippen molar-refractivity contribution in [1.29, 1.82) is 0 Å². The molecule has 0 rings (SSSR count). The third kappa shape index (κ3) is 7.43. The van der Waals surface area contributed by atoms with Crippen LogP contribution in [-0.4, -0.2) is 30.9 Å². The Labute approximate surface area is 110 Å². The number of ether oxygens (including phenoxy) is 1. The number of ketones is 1. The summed E-state index contributed by atoms with van der Waals surface area (Å²) in [7, 11) is 0. The summed E-state index contributed by atoms with van der Waals surface area (Å²) in [5.74, 6) is 0.340. The maximum absolute atomic E-state index is 11.6. The average molecular weight is 257 g/mol. The molecule has 4 nitrogen and oxygen atoms in total. The maximum atomic E-state index is 11.6. The highest BCUT2D eigenvalue weighted by Gasteiger charge is 2.20. The number of nitrogens with one attached hydrogen (secondary N) is 1. The first-order chi connectivity index (χ1) is 8.38. The fourth-order valence-electron chi connectivity index (χ4n) is 1.88. The van der Waals surface area contributed by atoms with E-state index in [9.17, 15) is 9.59 Å². The quantitative estimate of drug-likeness (QED) is 0.688. The average Bonchev–Trinajstić information content (AvgIpc) is 2.25. The van der Waals surface area contributed by atoms with Crippen LogP contribution in [0.15, 0.2) is 0 Å². The molecule has 0 spiro atoms. The van der Waals surface area contributed by atoms with Gasteiger partial charge in [0.2, 0.25) is 5.91 Å². The molecule has 1 amide bonds. The van der Waals surface area contributed by atoms with E-state index < -0.39 is 6.04 Å². The topological polar surface area (TPSA) is 55.4 Å². The van der Waals surface area contributed by atoms with E-state index in [1.807, 2.05) is 13.8 Å². The van der Waals surface area contributed by atoms with Gasteiger partial charge in [-0.1, -0.05) is 34.1 Å². The second kappa shape index (κ2) is 9.09. The van der Waals surface area contributed by atoms with Gasteiger partial charge >= 0.3 is 0 Å². The summed E-state index contributed by atoms with van der Waals surface area (Å²) < 4.78 is 5.35. The number of carbonyl (C=O) groups excluding carboxylic acids is 2. The van der Waals surface area contributed by atoms with E-state index in [2.05, 4.69) is 19.2 Å². The van der Waals surface area contributed by atoms with Crippen molar-refractivity contribution in [2.24, 2.45) is 11.8 Å². The largest absolute Gasteiger partial charge is 0.371 e. The summed E-state index contributed by atoms with van der Waals surface area (Å²) in [5.41, 5.74) is 0. The van der Waals surface area contributed by atoms with Crippen LogP contribution in [0.2, 0.25) is 0 Å². The van der Waals surface area contributed by atoms with Crippen molar-refractivity contribution in [2.75, 3.05) is 13.2 Å². The number of hydrogen-bond donors (Lipinski definition) is 1. The lowest BCUT2D eigenvalue weighted by molar-refractivity contribution is -0.131. The number of amides is 1. The van der Waals surface area contributed by atoms with Crippen molar-refractivity contribution >= 4 is 11.7 Å². The van der Waals surface area contributed by atoms with Crippen molar-refractivity contribution < 1.29 is 14.3 Å². The zero-order valence-corrected chi connectivity index (χ0v) is 12.3. The van der Waals surface area contributed by atoms with Gasteiger partial charge in [-0.05, 0) is 25.2 Å². The molecule has 0 bridgehead atoms. The molecule has 1 N–H and O–H groups in total. The minimum atomic E-state index is -0.408. The molecule has 0 saturated heterocycles. The Morgan fingerprint density at radius 3 is 2.28 bits per heavy atom. The first-order valence-electron chi connectivity index (χ1n) is 6.76. The third-order valence-corrected chi connectivity index (χ3v) is 2.84. The van der Waals surface area contributed by atoms with E-state index in [1.54, 1.807) is 0 Å². The molecular weight excluding hydrogens is 230 g/mol. The highest BCUT2D eigenvalue weighted by molar-refractivity contribution is 5.88. The Morgan fingerprint density at radius 2 is 1.83 bits per heavy atom. The Morgan fingerprint density at radius 1 is 1.22 bits per heavy atom. The van der Waals surface area contributed by atoms with E-state index in [-0.39, 0.29) is 24.2 Å². The van der Waals surface area contributed by atoms with Crippen LogP contribution < -0.4 is 5.32 Å². The van der Waals surface area contributed by atoms with Crippen LogP contribution in [-0.2, 0) is 14.3 Å². The first-order valence-corrected chi connectivity index (χ1v) is 6.76. The van der Waals surface area contributed by atoms with Crippen molar-refractivity contribution in [3.63, 3.8) is 0 Å². The summed E-state index contributed by atoms with van der Waals surface area (Å²) >= 11 is 0. The Bertz CT molecular complexity index is 264. The van der Waals surface area contributed by atoms with Crippen molar-refractivity contribution in [1.82, 2.24) is 5.32 Å². The van der Waals surface area contributed by atoms with Crippen LogP contribution in [0.25, 0.3) is 0 Å². The van der Waals surface area contributed by atoms with Gasteiger partial charge < -0.3 is 10.1 Å². The van der Waals surface area contributed by atoms with Gasteiger partial charge in [-0.3, -0.25) is 9.59 Å². The number of rotatable bonds is 9. The summed E-state index contributed by atoms with van der Waals surface area (Å²) in [6.45, 7) is 10.2. The second-order valence-corrected chi connectivity index (χ2v) is 5.31. The molecule has 18 heavy (non-hydrogen) atoms. The lowest BCUT2D eigenvalue weighted by atomic mass is 10.0. The highest BCUT2D eigenvalue weighted by Crippen LogP contribution is 2.05. The zero-order chi connectivity index (χ0) is 14.1. The van der Waals surface area contributed by atoms with E-state index in [4.69, 9.17) is 4.74 Å². The predicted molar refractivity (Wildman–Crippen MR) is 72.3 cm³/mol.